The van der Waals surface area contributed by atoms with Gasteiger partial charge in [0.2, 0.25) is 0 Å². The predicted molar refractivity (Wildman–Crippen MR) is 69.4 cm³/mol. The number of fused-ring (bicyclic) bond motifs is 1. The predicted octanol–water partition coefficient (Wildman–Crippen LogP) is 1.83. The zero-order valence-corrected chi connectivity index (χ0v) is 11.6. The van der Waals surface area contributed by atoms with E-state index in [0.717, 1.165) is 26.1 Å². The molecular weight excluding hydrogens is 230 g/mol. The Morgan fingerprint density at radius 3 is 2.78 bits per heavy atom. The number of ether oxygens (including phenoxy) is 2. The fraction of sp³-hybridized carbons (Fsp3) is 0.929. The molecule has 1 heterocycles. The number of nitrogens with zero attached hydrogens (tertiary/aromatic N) is 1. The Kier molecular flexibility index (Phi) is 5.01. The topological polar surface area (TPSA) is 38.8 Å². The number of hydrogen-bond donors (Lipinski definition) is 0. The molecule has 0 aromatic carbocycles. The molecule has 3 atom stereocenters. The smallest absolute Gasteiger partial charge is 0.302 e. The van der Waals surface area contributed by atoms with Gasteiger partial charge in [0.1, 0.15) is 6.10 Å². The normalized spacial score (nSPS) is 32.9. The van der Waals surface area contributed by atoms with Crippen molar-refractivity contribution in [3.63, 3.8) is 0 Å². The number of hydrogen-bond acceptors (Lipinski definition) is 4. The van der Waals surface area contributed by atoms with Crippen LogP contribution in [-0.4, -0.2) is 49.8 Å². The number of carbonyl (C=O) groups is 1. The molecule has 2 rings (SSSR count). The van der Waals surface area contributed by atoms with E-state index >= 15 is 0 Å². The first-order valence-electron chi connectivity index (χ1n) is 7.12. The molecule has 4 heteroatoms. The third-order valence-electron chi connectivity index (χ3n) is 4.33. The lowest BCUT2D eigenvalue weighted by atomic mass is 9.76. The zero-order chi connectivity index (χ0) is 13.0. The molecule has 2 fully saturated rings. The molecule has 1 saturated carbocycles. The average molecular weight is 255 g/mol. The van der Waals surface area contributed by atoms with Crippen LogP contribution in [0.25, 0.3) is 0 Å². The standard InChI is InChI=1S/C14H25NO3/c1-11(16)18-14-7-8-15(9-10-17-2)13-6-4-3-5-12(13)14/h12-14H,3-10H2,1-2H3/t12-,13-,14-/m0/s1. The van der Waals surface area contributed by atoms with Crippen LogP contribution in [-0.2, 0) is 14.3 Å². The Hall–Kier alpha value is -0.610. The van der Waals surface area contributed by atoms with Gasteiger partial charge in [-0.25, -0.2) is 0 Å². The van der Waals surface area contributed by atoms with Crippen molar-refractivity contribution in [2.45, 2.75) is 51.2 Å². The summed E-state index contributed by atoms with van der Waals surface area (Å²) in [6, 6.07) is 0.590. The van der Waals surface area contributed by atoms with Crippen LogP contribution in [0.2, 0.25) is 0 Å². The highest BCUT2D eigenvalue weighted by atomic mass is 16.5. The van der Waals surface area contributed by atoms with Gasteiger partial charge < -0.3 is 9.47 Å². The SMILES string of the molecule is COCCN1CC[C@H](OC(C)=O)[C@H]2CCCC[C@@H]21. The van der Waals surface area contributed by atoms with Gasteiger partial charge >= 0.3 is 5.97 Å². The van der Waals surface area contributed by atoms with Gasteiger partial charge in [-0.05, 0) is 19.3 Å². The monoisotopic (exact) mass is 255 g/mol. The van der Waals surface area contributed by atoms with Gasteiger partial charge in [-0.3, -0.25) is 9.69 Å². The van der Waals surface area contributed by atoms with Crippen molar-refractivity contribution in [1.82, 2.24) is 4.90 Å². The number of esters is 1. The molecule has 0 bridgehead atoms. The molecule has 0 N–H and O–H groups in total. The van der Waals surface area contributed by atoms with E-state index in [9.17, 15) is 4.79 Å². The summed E-state index contributed by atoms with van der Waals surface area (Å²) in [5, 5.41) is 0. The van der Waals surface area contributed by atoms with Crippen LogP contribution in [0.3, 0.4) is 0 Å². The summed E-state index contributed by atoms with van der Waals surface area (Å²) in [7, 11) is 1.75. The Morgan fingerprint density at radius 1 is 1.28 bits per heavy atom. The molecule has 1 saturated heterocycles. The summed E-state index contributed by atoms with van der Waals surface area (Å²) >= 11 is 0. The second kappa shape index (κ2) is 6.53. The maximum Gasteiger partial charge on any atom is 0.302 e. The third-order valence-corrected chi connectivity index (χ3v) is 4.33. The van der Waals surface area contributed by atoms with Gasteiger partial charge in [0.05, 0.1) is 6.61 Å². The first kappa shape index (κ1) is 13.8. The van der Waals surface area contributed by atoms with E-state index in [0.29, 0.717) is 12.0 Å². The first-order chi connectivity index (χ1) is 8.72. The highest BCUT2D eigenvalue weighted by molar-refractivity contribution is 5.66. The van der Waals surface area contributed by atoms with E-state index < -0.39 is 0 Å². The quantitative estimate of drug-likeness (QED) is 0.718. The van der Waals surface area contributed by atoms with Crippen molar-refractivity contribution < 1.29 is 14.3 Å². The van der Waals surface area contributed by atoms with Crippen molar-refractivity contribution >= 4 is 5.97 Å². The van der Waals surface area contributed by atoms with Crippen molar-refractivity contribution in [3.05, 3.63) is 0 Å². The Balaban J connectivity index is 1.98. The Morgan fingerprint density at radius 2 is 2.06 bits per heavy atom. The highest BCUT2D eigenvalue weighted by Crippen LogP contribution is 2.36. The van der Waals surface area contributed by atoms with E-state index in [-0.39, 0.29) is 12.1 Å². The van der Waals surface area contributed by atoms with Gasteiger partial charge in [0.15, 0.2) is 0 Å². The molecule has 0 aromatic rings. The molecule has 104 valence electrons. The molecule has 0 radical (unpaired) electrons. The Labute approximate surface area is 110 Å². The molecule has 1 aliphatic carbocycles. The van der Waals surface area contributed by atoms with E-state index in [2.05, 4.69) is 4.90 Å². The van der Waals surface area contributed by atoms with Crippen LogP contribution in [0.4, 0.5) is 0 Å². The summed E-state index contributed by atoms with van der Waals surface area (Å²) in [6.45, 7) is 4.35. The maximum absolute atomic E-state index is 11.2. The molecule has 18 heavy (non-hydrogen) atoms. The molecule has 0 amide bonds. The minimum Gasteiger partial charge on any atom is -0.462 e. The van der Waals surface area contributed by atoms with Gasteiger partial charge in [0, 0.05) is 39.1 Å². The molecule has 0 unspecified atom stereocenters. The number of methoxy groups -OCH3 is 1. The summed E-state index contributed by atoms with van der Waals surface area (Å²) in [5.41, 5.74) is 0. The Bertz CT molecular complexity index is 282. The molecule has 1 aliphatic heterocycles. The van der Waals surface area contributed by atoms with Crippen LogP contribution in [0.5, 0.6) is 0 Å². The van der Waals surface area contributed by atoms with Crippen LogP contribution in [0.1, 0.15) is 39.0 Å². The summed E-state index contributed by atoms with van der Waals surface area (Å²) in [6.07, 6.45) is 6.14. The maximum atomic E-state index is 11.2. The fourth-order valence-electron chi connectivity index (χ4n) is 3.55. The van der Waals surface area contributed by atoms with Gasteiger partial charge in [-0.15, -0.1) is 0 Å². The minimum atomic E-state index is -0.130. The molecule has 4 nitrogen and oxygen atoms in total. The molecule has 2 aliphatic rings. The number of rotatable bonds is 4. The number of likely N-dealkylation sites (tertiary alicyclic amines) is 1. The molecule has 0 aromatic heterocycles. The lowest BCUT2D eigenvalue weighted by Gasteiger charge is -2.47. The summed E-state index contributed by atoms with van der Waals surface area (Å²) in [4.78, 5) is 13.7. The first-order valence-corrected chi connectivity index (χ1v) is 7.12. The molecular formula is C14H25NO3. The van der Waals surface area contributed by atoms with Crippen molar-refractivity contribution in [3.8, 4) is 0 Å². The van der Waals surface area contributed by atoms with Gasteiger partial charge in [-0.2, -0.15) is 0 Å². The lowest BCUT2D eigenvalue weighted by Crippen LogP contribution is -2.54. The third kappa shape index (κ3) is 3.23. The van der Waals surface area contributed by atoms with Crippen LogP contribution < -0.4 is 0 Å². The second-order valence-electron chi connectivity index (χ2n) is 5.48. The van der Waals surface area contributed by atoms with E-state index in [1.165, 1.54) is 32.6 Å². The largest absolute Gasteiger partial charge is 0.462 e. The van der Waals surface area contributed by atoms with Crippen LogP contribution >= 0.6 is 0 Å². The van der Waals surface area contributed by atoms with Crippen LogP contribution in [0, 0.1) is 5.92 Å². The van der Waals surface area contributed by atoms with E-state index in [4.69, 9.17) is 9.47 Å². The second-order valence-corrected chi connectivity index (χ2v) is 5.48. The highest BCUT2D eigenvalue weighted by Gasteiger charge is 2.40. The van der Waals surface area contributed by atoms with Crippen molar-refractivity contribution in [1.29, 1.82) is 0 Å². The number of carbonyl (C=O) groups excluding carboxylic acids is 1. The fourth-order valence-corrected chi connectivity index (χ4v) is 3.55. The minimum absolute atomic E-state index is 0.130. The van der Waals surface area contributed by atoms with Gasteiger partial charge in [-0.1, -0.05) is 12.8 Å². The summed E-state index contributed by atoms with van der Waals surface area (Å²) in [5.74, 6) is 0.405. The molecule has 0 spiro atoms. The summed E-state index contributed by atoms with van der Waals surface area (Å²) < 4.78 is 10.7. The van der Waals surface area contributed by atoms with E-state index in [1.54, 1.807) is 7.11 Å². The zero-order valence-electron chi connectivity index (χ0n) is 11.6. The van der Waals surface area contributed by atoms with Crippen LogP contribution in [0.15, 0.2) is 0 Å². The van der Waals surface area contributed by atoms with E-state index in [1.807, 2.05) is 0 Å². The van der Waals surface area contributed by atoms with Crippen molar-refractivity contribution in [2.75, 3.05) is 26.8 Å². The van der Waals surface area contributed by atoms with Crippen molar-refractivity contribution in [2.24, 2.45) is 5.92 Å². The lowest BCUT2D eigenvalue weighted by molar-refractivity contribution is -0.156. The average Bonchev–Trinajstić information content (AvgIpc) is 2.37. The van der Waals surface area contributed by atoms with Gasteiger partial charge in [0.25, 0.3) is 0 Å². The number of piperidine rings is 1.